The molecule has 0 unspecified atom stereocenters. The molecule has 138 valence electrons. The maximum absolute atomic E-state index is 12.8. The second-order valence-corrected chi connectivity index (χ2v) is 7.43. The number of hydrogen-bond donors (Lipinski definition) is 2. The van der Waals surface area contributed by atoms with Crippen LogP contribution in [-0.2, 0) is 11.2 Å². The molecular weight excluding hydrogens is 358 g/mol. The molecule has 0 saturated carbocycles. The molecule has 6 heteroatoms. The van der Waals surface area contributed by atoms with Gasteiger partial charge in [-0.05, 0) is 30.9 Å². The van der Waals surface area contributed by atoms with Crippen LogP contribution in [0.1, 0.15) is 27.5 Å². The molecule has 0 radical (unpaired) electrons. The number of thiazole rings is 1. The average molecular weight is 379 g/mol. The molecule has 0 aliphatic heterocycles. The van der Waals surface area contributed by atoms with Crippen molar-refractivity contribution in [1.29, 1.82) is 0 Å². The van der Waals surface area contributed by atoms with E-state index in [-0.39, 0.29) is 5.91 Å². The van der Waals surface area contributed by atoms with Crippen LogP contribution in [0.4, 0.5) is 0 Å². The lowest BCUT2D eigenvalue weighted by atomic mass is 10.0. The molecule has 1 aromatic heterocycles. The van der Waals surface area contributed by atoms with Gasteiger partial charge in [-0.15, -0.1) is 11.3 Å². The van der Waals surface area contributed by atoms with Gasteiger partial charge in [0.2, 0.25) is 5.91 Å². The highest BCUT2D eigenvalue weighted by Gasteiger charge is 2.23. The van der Waals surface area contributed by atoms with E-state index in [9.17, 15) is 9.59 Å². The van der Waals surface area contributed by atoms with Crippen molar-refractivity contribution >= 4 is 23.2 Å². The highest BCUT2D eigenvalue weighted by atomic mass is 32.1. The summed E-state index contributed by atoms with van der Waals surface area (Å²) in [5.74, 6) is -0.928. The Labute approximate surface area is 162 Å². The Balaban J connectivity index is 1.76. The lowest BCUT2D eigenvalue weighted by Crippen LogP contribution is -2.45. The molecule has 2 aromatic carbocycles. The van der Waals surface area contributed by atoms with Gasteiger partial charge in [0.05, 0.1) is 9.88 Å². The Morgan fingerprint density at radius 1 is 1.07 bits per heavy atom. The average Bonchev–Trinajstić information content (AvgIpc) is 3.08. The second-order valence-electron chi connectivity index (χ2n) is 6.23. The van der Waals surface area contributed by atoms with E-state index >= 15 is 0 Å². The minimum Gasteiger partial charge on any atom is -0.368 e. The fraction of sp³-hybridized carbons (Fsp3) is 0.190. The van der Waals surface area contributed by atoms with E-state index in [1.807, 2.05) is 67.6 Å². The molecule has 0 aliphatic carbocycles. The van der Waals surface area contributed by atoms with Crippen molar-refractivity contribution in [2.45, 2.75) is 25.8 Å². The Hall–Kier alpha value is -2.99. The first kappa shape index (κ1) is 18.8. The fourth-order valence-corrected chi connectivity index (χ4v) is 3.76. The smallest absolute Gasteiger partial charge is 0.272 e. The summed E-state index contributed by atoms with van der Waals surface area (Å²) >= 11 is 1.45. The van der Waals surface area contributed by atoms with Crippen molar-refractivity contribution in [2.75, 3.05) is 0 Å². The van der Waals surface area contributed by atoms with Gasteiger partial charge >= 0.3 is 0 Å². The highest BCUT2D eigenvalue weighted by Crippen LogP contribution is 2.30. The summed E-state index contributed by atoms with van der Waals surface area (Å²) in [6.07, 6.45) is 1.09. The van der Waals surface area contributed by atoms with Gasteiger partial charge in [0.1, 0.15) is 11.7 Å². The number of carbonyl (C=O) groups excluding carboxylic acids is 2. The maximum atomic E-state index is 12.8. The van der Waals surface area contributed by atoms with E-state index < -0.39 is 11.9 Å². The molecule has 0 saturated heterocycles. The van der Waals surface area contributed by atoms with E-state index in [4.69, 9.17) is 5.73 Å². The third-order valence-electron chi connectivity index (χ3n) is 4.20. The fourth-order valence-electron chi connectivity index (χ4n) is 2.83. The number of benzene rings is 2. The summed E-state index contributed by atoms with van der Waals surface area (Å²) in [6.45, 7) is 1.86. The van der Waals surface area contributed by atoms with Crippen LogP contribution >= 0.6 is 11.3 Å². The van der Waals surface area contributed by atoms with Gasteiger partial charge in [-0.3, -0.25) is 9.59 Å². The number of nitrogens with zero attached hydrogens (tertiary/aromatic N) is 1. The molecule has 2 amide bonds. The van der Waals surface area contributed by atoms with Crippen molar-refractivity contribution in [1.82, 2.24) is 10.3 Å². The first-order valence-electron chi connectivity index (χ1n) is 8.71. The monoisotopic (exact) mass is 379 g/mol. The van der Waals surface area contributed by atoms with Crippen LogP contribution < -0.4 is 11.1 Å². The van der Waals surface area contributed by atoms with Gasteiger partial charge in [0.25, 0.3) is 5.91 Å². The predicted octanol–water partition coefficient (Wildman–Crippen LogP) is 3.34. The SMILES string of the molecule is Cc1nc(C(=O)N[C@@H](CCc2ccccc2)C(N)=O)c(-c2ccccc2)s1. The Bertz CT molecular complexity index is 923. The first-order valence-corrected chi connectivity index (χ1v) is 9.53. The largest absolute Gasteiger partial charge is 0.368 e. The standard InChI is InChI=1S/C21H21N3O2S/c1-14-23-18(19(27-14)16-10-6-3-7-11-16)21(26)24-17(20(22)25)13-12-15-8-4-2-5-9-15/h2-11,17H,12-13H2,1H3,(H2,22,25)(H,24,26)/t17-/m0/s1. The third-order valence-corrected chi connectivity index (χ3v) is 5.22. The van der Waals surface area contributed by atoms with Crippen molar-refractivity contribution in [2.24, 2.45) is 5.73 Å². The van der Waals surface area contributed by atoms with Crippen molar-refractivity contribution in [3.8, 4) is 10.4 Å². The molecule has 1 heterocycles. The molecule has 27 heavy (non-hydrogen) atoms. The number of aryl methyl sites for hydroxylation is 2. The predicted molar refractivity (Wildman–Crippen MR) is 107 cm³/mol. The first-order chi connectivity index (χ1) is 13.0. The second kappa shape index (κ2) is 8.60. The highest BCUT2D eigenvalue weighted by molar-refractivity contribution is 7.15. The van der Waals surface area contributed by atoms with E-state index in [1.165, 1.54) is 11.3 Å². The molecule has 0 aliphatic rings. The Morgan fingerprint density at radius 3 is 2.33 bits per heavy atom. The topological polar surface area (TPSA) is 85.1 Å². The van der Waals surface area contributed by atoms with Crippen LogP contribution in [0.3, 0.4) is 0 Å². The van der Waals surface area contributed by atoms with Crippen molar-refractivity contribution in [3.05, 3.63) is 76.9 Å². The van der Waals surface area contributed by atoms with Gasteiger partial charge < -0.3 is 11.1 Å². The number of nitrogens with two attached hydrogens (primary N) is 1. The van der Waals surface area contributed by atoms with E-state index in [0.29, 0.717) is 18.5 Å². The zero-order valence-corrected chi connectivity index (χ0v) is 15.8. The number of rotatable bonds is 7. The number of carbonyl (C=O) groups is 2. The lowest BCUT2D eigenvalue weighted by molar-refractivity contribution is -0.120. The van der Waals surface area contributed by atoms with Crippen LogP contribution in [0.2, 0.25) is 0 Å². The van der Waals surface area contributed by atoms with Gasteiger partial charge in [0.15, 0.2) is 0 Å². The quantitative estimate of drug-likeness (QED) is 0.660. The summed E-state index contributed by atoms with van der Waals surface area (Å²) in [5, 5.41) is 3.55. The van der Waals surface area contributed by atoms with E-state index in [2.05, 4.69) is 10.3 Å². The zero-order chi connectivity index (χ0) is 19.2. The summed E-state index contributed by atoms with van der Waals surface area (Å²) in [6, 6.07) is 18.7. The minimum absolute atomic E-state index is 0.328. The Kier molecular flexibility index (Phi) is 5.98. The minimum atomic E-state index is -0.747. The maximum Gasteiger partial charge on any atom is 0.272 e. The van der Waals surface area contributed by atoms with Crippen LogP contribution in [-0.4, -0.2) is 22.8 Å². The van der Waals surface area contributed by atoms with E-state index in [0.717, 1.165) is 21.0 Å². The van der Waals surface area contributed by atoms with Gasteiger partial charge in [0, 0.05) is 0 Å². The molecule has 3 rings (SSSR count). The normalized spacial score (nSPS) is 11.7. The van der Waals surface area contributed by atoms with Gasteiger partial charge in [-0.2, -0.15) is 0 Å². The summed E-state index contributed by atoms with van der Waals surface area (Å²) in [5.41, 5.74) is 7.85. The van der Waals surface area contributed by atoms with Crippen LogP contribution in [0, 0.1) is 6.92 Å². The third kappa shape index (κ3) is 4.80. The van der Waals surface area contributed by atoms with Crippen molar-refractivity contribution in [3.63, 3.8) is 0 Å². The molecule has 0 spiro atoms. The van der Waals surface area contributed by atoms with Crippen molar-refractivity contribution < 1.29 is 9.59 Å². The molecule has 5 nitrogen and oxygen atoms in total. The number of hydrogen-bond acceptors (Lipinski definition) is 4. The van der Waals surface area contributed by atoms with Crippen LogP contribution in [0.5, 0.6) is 0 Å². The van der Waals surface area contributed by atoms with Crippen LogP contribution in [0.25, 0.3) is 10.4 Å². The lowest BCUT2D eigenvalue weighted by Gasteiger charge is -2.15. The number of primary amides is 1. The molecule has 0 bridgehead atoms. The number of nitrogens with one attached hydrogen (secondary N) is 1. The van der Waals surface area contributed by atoms with Crippen LogP contribution in [0.15, 0.2) is 60.7 Å². The molecule has 1 atom stereocenters. The molecule has 3 aromatic rings. The van der Waals surface area contributed by atoms with E-state index in [1.54, 1.807) is 0 Å². The van der Waals surface area contributed by atoms with Gasteiger partial charge in [-0.25, -0.2) is 4.98 Å². The summed E-state index contributed by atoms with van der Waals surface area (Å²) in [4.78, 5) is 29.8. The Morgan fingerprint density at radius 2 is 1.70 bits per heavy atom. The summed E-state index contributed by atoms with van der Waals surface area (Å²) in [7, 11) is 0. The molecule has 0 fully saturated rings. The molecule has 3 N–H and O–H groups in total. The number of amides is 2. The zero-order valence-electron chi connectivity index (χ0n) is 15.0. The molecular formula is C21H21N3O2S. The van der Waals surface area contributed by atoms with Gasteiger partial charge in [-0.1, -0.05) is 60.7 Å². The number of aromatic nitrogens is 1. The summed E-state index contributed by atoms with van der Waals surface area (Å²) < 4.78 is 0.